The van der Waals surface area contributed by atoms with Crippen molar-refractivity contribution in [2.45, 2.75) is 78.0 Å². The van der Waals surface area contributed by atoms with Crippen LogP contribution in [0.5, 0.6) is 0 Å². The first-order valence-corrected chi connectivity index (χ1v) is 17.8. The number of hydrogen-bond acceptors (Lipinski definition) is 1. The van der Waals surface area contributed by atoms with Gasteiger partial charge in [0.15, 0.2) is 0 Å². The molecule has 0 aromatic heterocycles. The number of nitrogens with zero attached hydrogens (tertiary/aromatic N) is 1. The van der Waals surface area contributed by atoms with Gasteiger partial charge in [-0.1, -0.05) is 144 Å². The molecule has 0 aliphatic rings. The van der Waals surface area contributed by atoms with Gasteiger partial charge in [0.2, 0.25) is 0 Å². The Balaban J connectivity index is 1.92. The normalized spacial score (nSPS) is 12.0. The molecule has 4 aromatic carbocycles. The molecule has 0 aliphatic heterocycles. The molecule has 0 fully saturated rings. The summed E-state index contributed by atoms with van der Waals surface area (Å²) in [4.78, 5) is 2.51. The van der Waals surface area contributed by atoms with E-state index in [0.717, 1.165) is 0 Å². The molecule has 0 amide bonds. The second-order valence-corrected chi connectivity index (χ2v) is 18.6. The first-order valence-electron chi connectivity index (χ1n) is 14.8. The molecule has 0 saturated carbocycles. The van der Waals surface area contributed by atoms with E-state index in [1.807, 2.05) is 0 Å². The van der Waals surface area contributed by atoms with Gasteiger partial charge in [-0.25, -0.2) is 0 Å². The smallest absolute Gasteiger partial charge is 0.0486 e. The molecule has 4 rings (SSSR count). The van der Waals surface area contributed by atoms with E-state index in [9.17, 15) is 0 Å². The third-order valence-corrected chi connectivity index (χ3v) is 13.9. The molecule has 1 nitrogen and oxygen atoms in total. The van der Waals surface area contributed by atoms with Crippen molar-refractivity contribution in [3.63, 3.8) is 0 Å². The Bertz CT molecular complexity index is 1250. The van der Waals surface area contributed by atoms with Crippen molar-refractivity contribution in [1.29, 1.82) is 0 Å². The van der Waals surface area contributed by atoms with Gasteiger partial charge >= 0.3 is 0 Å². The first kappa shape index (κ1) is 30.5. The monoisotopic (exact) mass is 567 g/mol. The molecule has 0 heterocycles. The van der Waals surface area contributed by atoms with Crippen molar-refractivity contribution >= 4 is 37.8 Å². The van der Waals surface area contributed by atoms with Crippen LogP contribution in [0.2, 0.25) is 0 Å². The van der Waals surface area contributed by atoms with Gasteiger partial charge in [-0.2, -0.15) is 0 Å². The zero-order valence-electron chi connectivity index (χ0n) is 25.9. The summed E-state index contributed by atoms with van der Waals surface area (Å²) in [5.74, 6) is 0. The standard InChI is InChI=1S/C37H47NP2/c1-26(2)39(27(3)4)36-24-32(30-16-12-10-13-17-30)20-22-34(36)38(9)35-23-21-33(31-18-14-11-15-19-31)25-37(35)40(28(5)6)29(7)8/h10-29H,1-9H3. The fourth-order valence-corrected chi connectivity index (χ4v) is 12.2. The quantitative estimate of drug-likeness (QED) is 0.172. The van der Waals surface area contributed by atoms with Crippen molar-refractivity contribution in [1.82, 2.24) is 0 Å². The molecule has 210 valence electrons. The van der Waals surface area contributed by atoms with Crippen molar-refractivity contribution in [3.8, 4) is 22.3 Å². The lowest BCUT2D eigenvalue weighted by molar-refractivity contribution is 1.02. The highest BCUT2D eigenvalue weighted by atomic mass is 31.1. The number of benzene rings is 4. The lowest BCUT2D eigenvalue weighted by atomic mass is 10.0. The Morgan fingerprint density at radius 3 is 1.05 bits per heavy atom. The molecule has 4 aromatic rings. The SMILES string of the molecule is CC(C)P(c1cc(-c2ccccc2)ccc1N(C)c1ccc(-c2ccccc2)cc1P(C(C)C)C(C)C)C(C)C. The van der Waals surface area contributed by atoms with Crippen LogP contribution in [-0.4, -0.2) is 29.7 Å². The Morgan fingerprint density at radius 2 is 0.750 bits per heavy atom. The molecule has 0 spiro atoms. The maximum Gasteiger partial charge on any atom is 0.0486 e. The second-order valence-electron chi connectivity index (χ2n) is 11.9. The van der Waals surface area contributed by atoms with E-state index in [-0.39, 0.29) is 15.8 Å². The van der Waals surface area contributed by atoms with Gasteiger partial charge in [-0.15, -0.1) is 0 Å². The van der Waals surface area contributed by atoms with Gasteiger partial charge in [0.05, 0.1) is 0 Å². The molecule has 0 N–H and O–H groups in total. The fourth-order valence-electron chi connectivity index (χ4n) is 6.08. The Hall–Kier alpha value is -2.46. The van der Waals surface area contributed by atoms with Crippen molar-refractivity contribution in [2.75, 3.05) is 11.9 Å². The van der Waals surface area contributed by atoms with Crippen LogP contribution in [0.1, 0.15) is 55.4 Å². The predicted molar refractivity (Wildman–Crippen MR) is 185 cm³/mol. The summed E-state index contributed by atoms with van der Waals surface area (Å²) in [6.45, 7) is 19.2. The molecule has 40 heavy (non-hydrogen) atoms. The average Bonchev–Trinajstić information content (AvgIpc) is 2.93. The third-order valence-electron chi connectivity index (χ3n) is 7.67. The minimum atomic E-state index is -0.353. The molecule has 0 atom stereocenters. The number of rotatable bonds is 10. The largest absolute Gasteiger partial charge is 0.344 e. The zero-order valence-corrected chi connectivity index (χ0v) is 27.7. The summed E-state index contributed by atoms with van der Waals surface area (Å²) in [5.41, 5.74) is 10.3. The van der Waals surface area contributed by atoms with Gasteiger partial charge in [-0.3, -0.25) is 0 Å². The molecule has 0 unspecified atom stereocenters. The van der Waals surface area contributed by atoms with Gasteiger partial charge in [0, 0.05) is 29.0 Å². The summed E-state index contributed by atoms with van der Waals surface area (Å²) in [7, 11) is 1.59. The Kier molecular flexibility index (Phi) is 10.3. The summed E-state index contributed by atoms with van der Waals surface area (Å²) in [5, 5.41) is 3.03. The van der Waals surface area contributed by atoms with Crippen LogP contribution in [0.15, 0.2) is 97.1 Å². The van der Waals surface area contributed by atoms with Gasteiger partial charge < -0.3 is 4.90 Å². The summed E-state index contributed by atoms with van der Waals surface area (Å²) >= 11 is 0. The highest BCUT2D eigenvalue weighted by molar-refractivity contribution is 7.67. The van der Waals surface area contributed by atoms with E-state index in [1.54, 1.807) is 0 Å². The predicted octanol–water partition coefficient (Wildman–Crippen LogP) is 10.6. The van der Waals surface area contributed by atoms with Gasteiger partial charge in [0.1, 0.15) is 0 Å². The third kappa shape index (κ3) is 6.70. The summed E-state index contributed by atoms with van der Waals surface area (Å²) < 4.78 is 0. The highest BCUT2D eigenvalue weighted by Gasteiger charge is 2.28. The molecule has 3 heteroatoms. The van der Waals surface area contributed by atoms with E-state index >= 15 is 0 Å². The molecular weight excluding hydrogens is 520 g/mol. The number of hydrogen-bond donors (Lipinski definition) is 0. The van der Waals surface area contributed by atoms with E-state index in [4.69, 9.17) is 0 Å². The van der Waals surface area contributed by atoms with E-state index < -0.39 is 0 Å². The topological polar surface area (TPSA) is 3.24 Å². The molecule has 0 bridgehead atoms. The molecule has 0 saturated heterocycles. The van der Waals surface area contributed by atoms with Crippen molar-refractivity contribution < 1.29 is 0 Å². The van der Waals surface area contributed by atoms with Crippen LogP contribution in [0, 0.1) is 0 Å². The zero-order chi connectivity index (χ0) is 29.0. The highest BCUT2D eigenvalue weighted by Crippen LogP contribution is 2.51. The minimum absolute atomic E-state index is 0.353. The molecule has 0 radical (unpaired) electrons. The first-order chi connectivity index (χ1) is 19.1. The van der Waals surface area contributed by atoms with Gasteiger partial charge in [0.25, 0.3) is 0 Å². The van der Waals surface area contributed by atoms with E-state index in [2.05, 4.69) is 164 Å². The number of anilines is 2. The average molecular weight is 568 g/mol. The van der Waals surface area contributed by atoms with Crippen molar-refractivity contribution in [3.05, 3.63) is 97.1 Å². The minimum Gasteiger partial charge on any atom is -0.344 e. The van der Waals surface area contributed by atoms with E-state index in [0.29, 0.717) is 22.6 Å². The second kappa shape index (κ2) is 13.5. The van der Waals surface area contributed by atoms with Crippen LogP contribution in [-0.2, 0) is 0 Å². The fraction of sp³-hybridized carbons (Fsp3) is 0.351. The lowest BCUT2D eigenvalue weighted by Crippen LogP contribution is -2.27. The molecule has 0 aliphatic carbocycles. The maximum atomic E-state index is 2.51. The van der Waals surface area contributed by atoms with Crippen molar-refractivity contribution in [2.24, 2.45) is 0 Å². The van der Waals surface area contributed by atoms with Gasteiger partial charge in [-0.05, 0) is 69.2 Å². The summed E-state index contributed by atoms with van der Waals surface area (Å²) in [6, 6.07) is 36.1. The van der Waals surface area contributed by atoms with Crippen LogP contribution in [0.25, 0.3) is 22.3 Å². The molecular formula is C37H47NP2. The summed E-state index contributed by atoms with van der Waals surface area (Å²) in [6.07, 6.45) is 0. The van der Waals surface area contributed by atoms with E-state index in [1.165, 1.54) is 44.2 Å². The van der Waals surface area contributed by atoms with Crippen LogP contribution in [0.4, 0.5) is 11.4 Å². The Labute approximate surface area is 246 Å². The van der Waals surface area contributed by atoms with Crippen LogP contribution < -0.4 is 15.5 Å². The van der Waals surface area contributed by atoms with Crippen LogP contribution >= 0.6 is 15.8 Å². The van der Waals surface area contributed by atoms with Crippen LogP contribution in [0.3, 0.4) is 0 Å². The maximum absolute atomic E-state index is 2.51. The lowest BCUT2D eigenvalue weighted by Gasteiger charge is -2.35. The Morgan fingerprint density at radius 1 is 0.425 bits per heavy atom.